The van der Waals surface area contributed by atoms with Gasteiger partial charge in [0.05, 0.1) is 42.4 Å². The van der Waals surface area contributed by atoms with Crippen molar-refractivity contribution < 1.29 is 36.7 Å². The monoisotopic (exact) mass is 547 g/mol. The van der Waals surface area contributed by atoms with Crippen LogP contribution >= 0.6 is 0 Å². The highest BCUT2D eigenvalue weighted by molar-refractivity contribution is 7.85. The fourth-order valence-corrected chi connectivity index (χ4v) is 5.62. The second kappa shape index (κ2) is 8.83. The number of aryl methyl sites for hydroxylation is 1. The first-order chi connectivity index (χ1) is 17.8. The van der Waals surface area contributed by atoms with E-state index >= 15 is 0 Å². The number of nitrogens with zero attached hydrogens (tertiary/aromatic N) is 2. The molecule has 13 heteroatoms. The molecule has 0 amide bonds. The van der Waals surface area contributed by atoms with Crippen molar-refractivity contribution in [3.8, 4) is 17.1 Å². The summed E-state index contributed by atoms with van der Waals surface area (Å²) in [6.07, 6.45) is 1.95. The Bertz CT molecular complexity index is 1690. The molecule has 3 aliphatic rings. The van der Waals surface area contributed by atoms with Gasteiger partial charge in [0, 0.05) is 34.2 Å². The Morgan fingerprint density at radius 1 is 1.29 bits per heavy atom. The summed E-state index contributed by atoms with van der Waals surface area (Å²) in [4.78, 5) is 30.5. The molecule has 1 aromatic carbocycles. The maximum absolute atomic E-state index is 14.8. The molecule has 0 fully saturated rings. The first kappa shape index (κ1) is 26.2. The maximum atomic E-state index is 14.8. The average molecular weight is 548 g/mol. The molecule has 2 atom stereocenters. The Morgan fingerprint density at radius 3 is 2.61 bits per heavy atom. The van der Waals surface area contributed by atoms with E-state index in [1.807, 2.05) is 0 Å². The van der Waals surface area contributed by atoms with Crippen molar-refractivity contribution in [1.82, 2.24) is 9.55 Å². The number of ether oxygens (including phenoxy) is 2. The molecule has 3 aromatic rings. The van der Waals surface area contributed by atoms with Gasteiger partial charge in [-0.3, -0.25) is 9.35 Å². The van der Waals surface area contributed by atoms with E-state index in [4.69, 9.17) is 24.7 Å². The van der Waals surface area contributed by atoms with Gasteiger partial charge in [0.25, 0.3) is 15.7 Å². The zero-order valence-electron chi connectivity index (χ0n) is 20.9. The quantitative estimate of drug-likeness (QED) is 0.248. The zero-order valence-corrected chi connectivity index (χ0v) is 21.7. The Hall–Kier alpha value is -3.39. The predicted octanol–water partition coefficient (Wildman–Crippen LogP) is 1.68. The standard InChI is InChI=1S/C24H22FN3O5.CH4O3S/c1-3-24(31)13-6-17-20-11(8-28(17)22(29)12(13)9-33-23(24)30)18-15(26)5-4-10-19(18)16(27-20)7-14(25)21(10)32-2;1-5(2,3)4/h6-7,15,31H,3-5,8-9,26H2,1-2H3;1H3,(H,2,3,4)/t15-,24+;/m1./s1. The highest BCUT2D eigenvalue weighted by Crippen LogP contribution is 2.46. The smallest absolute Gasteiger partial charge is 0.343 e. The minimum atomic E-state index is -3.67. The summed E-state index contributed by atoms with van der Waals surface area (Å²) in [5, 5.41) is 11.8. The molecule has 38 heavy (non-hydrogen) atoms. The molecule has 2 aromatic heterocycles. The Balaban J connectivity index is 0.000000540. The van der Waals surface area contributed by atoms with Crippen LogP contribution in [0.1, 0.15) is 53.6 Å². The highest BCUT2D eigenvalue weighted by Gasteiger charge is 2.45. The summed E-state index contributed by atoms with van der Waals surface area (Å²) in [7, 11) is -2.23. The van der Waals surface area contributed by atoms with E-state index in [2.05, 4.69) is 0 Å². The fourth-order valence-electron chi connectivity index (χ4n) is 5.62. The largest absolute Gasteiger partial charge is 0.493 e. The number of pyridine rings is 2. The third-order valence-electron chi connectivity index (χ3n) is 7.31. The van der Waals surface area contributed by atoms with Crippen molar-refractivity contribution in [2.45, 2.75) is 51.0 Å². The Morgan fingerprint density at radius 2 is 1.97 bits per heavy atom. The van der Waals surface area contributed by atoms with Crippen LogP contribution in [-0.4, -0.2) is 47.0 Å². The van der Waals surface area contributed by atoms with Gasteiger partial charge in [-0.1, -0.05) is 6.92 Å². The number of rotatable bonds is 2. The minimum absolute atomic E-state index is 0.0597. The van der Waals surface area contributed by atoms with Crippen molar-refractivity contribution >= 4 is 27.0 Å². The lowest BCUT2D eigenvalue weighted by molar-refractivity contribution is -0.172. The second-order valence-electron chi connectivity index (χ2n) is 9.60. The number of fused-ring (bicyclic) bond motifs is 5. The number of hydrogen-bond donors (Lipinski definition) is 3. The topological polar surface area (TPSA) is 171 Å². The maximum Gasteiger partial charge on any atom is 0.343 e. The van der Waals surface area contributed by atoms with E-state index in [1.54, 1.807) is 17.6 Å². The number of aromatic nitrogens is 2. The van der Waals surface area contributed by atoms with Crippen LogP contribution in [0.2, 0.25) is 0 Å². The molecule has 4 N–H and O–H groups in total. The van der Waals surface area contributed by atoms with Crippen molar-refractivity contribution in [2.24, 2.45) is 5.73 Å². The van der Waals surface area contributed by atoms with Gasteiger partial charge in [-0.25, -0.2) is 14.2 Å². The van der Waals surface area contributed by atoms with Gasteiger partial charge >= 0.3 is 5.97 Å². The number of nitrogens with two attached hydrogens (primary N) is 1. The molecule has 11 nitrogen and oxygen atoms in total. The summed E-state index contributed by atoms with van der Waals surface area (Å²) < 4.78 is 52.7. The average Bonchev–Trinajstić information content (AvgIpc) is 3.21. The summed E-state index contributed by atoms with van der Waals surface area (Å²) in [5.74, 6) is -1.08. The number of carbonyl (C=O) groups is 1. The Labute approximate surface area is 216 Å². The van der Waals surface area contributed by atoms with Crippen LogP contribution in [0.25, 0.3) is 22.3 Å². The summed E-state index contributed by atoms with van der Waals surface area (Å²) in [6, 6.07) is 2.68. The van der Waals surface area contributed by atoms with Crippen LogP contribution in [0, 0.1) is 5.82 Å². The first-order valence-corrected chi connectivity index (χ1v) is 13.7. The van der Waals surface area contributed by atoms with Gasteiger partial charge in [-0.2, -0.15) is 8.42 Å². The third kappa shape index (κ3) is 3.88. The number of methoxy groups -OCH3 is 1. The van der Waals surface area contributed by atoms with Gasteiger partial charge in [0.1, 0.15) is 6.61 Å². The van der Waals surface area contributed by atoms with Crippen LogP contribution < -0.4 is 16.0 Å². The van der Waals surface area contributed by atoms with E-state index in [0.717, 1.165) is 22.1 Å². The summed E-state index contributed by atoms with van der Waals surface area (Å²) in [6.45, 7) is 1.71. The highest BCUT2D eigenvalue weighted by atomic mass is 32.2. The number of hydrogen-bond acceptors (Lipinski definition) is 9. The lowest BCUT2D eigenvalue weighted by Crippen LogP contribution is -2.44. The van der Waals surface area contributed by atoms with E-state index in [-0.39, 0.29) is 48.0 Å². The SMILES string of the molecule is CC[C@@]1(O)C(=O)OCc2c1cc1n(c2=O)Cc2c-1nc1cc(F)c(OC)c3c1c2[C@H](N)CC3.CS(=O)(=O)O. The number of esters is 1. The lowest BCUT2D eigenvalue weighted by Gasteiger charge is -2.31. The number of carbonyl (C=O) groups excluding carboxylic acids is 1. The van der Waals surface area contributed by atoms with Gasteiger partial charge in [-0.05, 0) is 30.9 Å². The molecule has 1 aliphatic carbocycles. The summed E-state index contributed by atoms with van der Waals surface area (Å²) >= 11 is 0. The van der Waals surface area contributed by atoms with Crippen LogP contribution in [0.5, 0.6) is 5.75 Å². The van der Waals surface area contributed by atoms with Gasteiger partial charge in [0.15, 0.2) is 17.2 Å². The van der Waals surface area contributed by atoms with Crippen LogP contribution in [0.3, 0.4) is 0 Å². The van der Waals surface area contributed by atoms with Crippen LogP contribution in [0.4, 0.5) is 4.39 Å². The van der Waals surface area contributed by atoms with Crippen molar-refractivity contribution in [1.29, 1.82) is 0 Å². The first-order valence-electron chi connectivity index (χ1n) is 11.9. The molecule has 0 unspecified atom stereocenters. The molecule has 0 spiro atoms. The number of aliphatic hydroxyl groups is 1. The fraction of sp³-hybridized carbons (Fsp3) is 0.400. The molecular weight excluding hydrogens is 521 g/mol. The van der Waals surface area contributed by atoms with E-state index < -0.39 is 27.5 Å². The zero-order chi connectivity index (χ0) is 27.7. The molecule has 0 saturated carbocycles. The van der Waals surface area contributed by atoms with E-state index in [9.17, 15) is 27.5 Å². The van der Waals surface area contributed by atoms with E-state index in [0.29, 0.717) is 36.0 Å². The van der Waals surface area contributed by atoms with Crippen LogP contribution in [0.15, 0.2) is 16.9 Å². The second-order valence-corrected chi connectivity index (χ2v) is 11.1. The normalized spacial score (nSPS) is 21.1. The van der Waals surface area contributed by atoms with Gasteiger partial charge in [-0.15, -0.1) is 0 Å². The Kier molecular flexibility index (Phi) is 6.10. The number of cyclic esters (lactones) is 1. The molecule has 6 rings (SSSR count). The number of halogens is 1. The summed E-state index contributed by atoms with van der Waals surface area (Å²) in [5.41, 5.74) is 8.60. The third-order valence-corrected chi connectivity index (χ3v) is 7.31. The lowest BCUT2D eigenvalue weighted by atomic mass is 9.83. The van der Waals surface area contributed by atoms with Crippen LogP contribution in [-0.2, 0) is 44.8 Å². The molecule has 0 radical (unpaired) electrons. The predicted molar refractivity (Wildman–Crippen MR) is 134 cm³/mol. The molecule has 202 valence electrons. The van der Waals surface area contributed by atoms with Gasteiger partial charge < -0.3 is 24.9 Å². The molecule has 0 saturated heterocycles. The molecule has 0 bridgehead atoms. The molecule has 4 heterocycles. The number of benzene rings is 1. The van der Waals surface area contributed by atoms with Crippen molar-refractivity contribution in [3.63, 3.8) is 0 Å². The molecular formula is C25H26FN3O8S. The van der Waals surface area contributed by atoms with Gasteiger partial charge in [0.2, 0.25) is 0 Å². The van der Waals surface area contributed by atoms with Crippen molar-refractivity contribution in [3.05, 3.63) is 56.1 Å². The van der Waals surface area contributed by atoms with E-state index in [1.165, 1.54) is 13.2 Å². The minimum Gasteiger partial charge on any atom is -0.493 e. The molecule has 2 aliphatic heterocycles. The van der Waals surface area contributed by atoms with Crippen molar-refractivity contribution in [2.75, 3.05) is 13.4 Å².